The summed E-state index contributed by atoms with van der Waals surface area (Å²) in [5, 5.41) is 12.6. The Morgan fingerprint density at radius 1 is 1.26 bits per heavy atom. The highest BCUT2D eigenvalue weighted by atomic mass is 16.3. The maximum absolute atomic E-state index is 9.25. The summed E-state index contributed by atoms with van der Waals surface area (Å²) in [6.45, 7) is 9.23. The van der Waals surface area contributed by atoms with Gasteiger partial charge in [-0.1, -0.05) is 44.2 Å². The molecule has 0 aliphatic carbocycles. The molecule has 0 fully saturated rings. The van der Waals surface area contributed by atoms with Crippen molar-refractivity contribution < 1.29 is 5.11 Å². The second-order valence-corrected chi connectivity index (χ2v) is 6.54. The maximum Gasteiger partial charge on any atom is 0.193 e. The molecule has 130 valence electrons. The number of guanidine groups is 1. The summed E-state index contributed by atoms with van der Waals surface area (Å²) in [5.41, 5.74) is 1.27. The summed E-state index contributed by atoms with van der Waals surface area (Å²) < 4.78 is 0. The average molecular weight is 319 g/mol. The highest BCUT2D eigenvalue weighted by molar-refractivity contribution is 5.79. The lowest BCUT2D eigenvalue weighted by Crippen LogP contribution is -2.38. The molecule has 1 atom stereocenters. The van der Waals surface area contributed by atoms with Crippen LogP contribution in [0, 0.1) is 11.8 Å². The van der Waals surface area contributed by atoms with E-state index in [1.165, 1.54) is 5.56 Å². The quantitative estimate of drug-likeness (QED) is 0.543. The smallest absolute Gasteiger partial charge is 0.193 e. The molecule has 2 N–H and O–H groups in total. The van der Waals surface area contributed by atoms with Crippen molar-refractivity contribution in [3.63, 3.8) is 0 Å². The number of rotatable bonds is 9. The number of aliphatic imine (C=N–C) groups is 1. The van der Waals surface area contributed by atoms with Gasteiger partial charge in [0, 0.05) is 33.3 Å². The van der Waals surface area contributed by atoms with Crippen LogP contribution in [-0.4, -0.2) is 42.7 Å². The van der Waals surface area contributed by atoms with Crippen LogP contribution in [0.15, 0.2) is 35.3 Å². The monoisotopic (exact) mass is 319 g/mol. The summed E-state index contributed by atoms with van der Waals surface area (Å²) in [6.07, 6.45) is 1.93. The van der Waals surface area contributed by atoms with Crippen LogP contribution in [0.3, 0.4) is 0 Å². The SMILES string of the molecule is CCNC(=NCC(CCO)CC(C)C)N(C)Cc1ccccc1. The van der Waals surface area contributed by atoms with Crippen LogP contribution in [0.2, 0.25) is 0 Å². The Bertz CT molecular complexity index is 445. The van der Waals surface area contributed by atoms with Crippen molar-refractivity contribution in [2.75, 3.05) is 26.7 Å². The molecule has 0 bridgehead atoms. The summed E-state index contributed by atoms with van der Waals surface area (Å²) in [7, 11) is 2.07. The fourth-order valence-electron chi connectivity index (χ4n) is 2.75. The third-order valence-corrected chi connectivity index (χ3v) is 3.80. The molecular formula is C19H33N3O. The number of nitrogens with one attached hydrogen (secondary N) is 1. The highest BCUT2D eigenvalue weighted by Crippen LogP contribution is 2.15. The predicted octanol–water partition coefficient (Wildman–Crippen LogP) is 3.13. The second-order valence-electron chi connectivity index (χ2n) is 6.54. The topological polar surface area (TPSA) is 47.9 Å². The van der Waals surface area contributed by atoms with E-state index in [4.69, 9.17) is 4.99 Å². The lowest BCUT2D eigenvalue weighted by Gasteiger charge is -2.23. The van der Waals surface area contributed by atoms with Crippen LogP contribution in [0.5, 0.6) is 0 Å². The van der Waals surface area contributed by atoms with Gasteiger partial charge in [0.15, 0.2) is 5.96 Å². The molecule has 0 aliphatic rings. The van der Waals surface area contributed by atoms with E-state index >= 15 is 0 Å². The van der Waals surface area contributed by atoms with Gasteiger partial charge >= 0.3 is 0 Å². The number of hydrogen-bond donors (Lipinski definition) is 2. The van der Waals surface area contributed by atoms with E-state index in [0.29, 0.717) is 11.8 Å². The molecular weight excluding hydrogens is 286 g/mol. The molecule has 1 aromatic rings. The van der Waals surface area contributed by atoms with Crippen molar-refractivity contribution in [3.8, 4) is 0 Å². The standard InChI is InChI=1S/C19H33N3O/c1-5-20-19(21-14-18(11-12-23)13-16(2)3)22(4)15-17-9-7-6-8-10-17/h6-10,16,18,23H,5,11-15H2,1-4H3,(H,20,21). The maximum atomic E-state index is 9.25. The molecule has 0 radical (unpaired) electrons. The minimum atomic E-state index is 0.239. The summed E-state index contributed by atoms with van der Waals surface area (Å²) in [4.78, 5) is 6.96. The summed E-state index contributed by atoms with van der Waals surface area (Å²) >= 11 is 0. The molecule has 0 aliphatic heterocycles. The van der Waals surface area contributed by atoms with Gasteiger partial charge < -0.3 is 15.3 Å². The number of aliphatic hydroxyl groups is 1. The molecule has 0 heterocycles. The zero-order chi connectivity index (χ0) is 17.1. The first-order valence-electron chi connectivity index (χ1n) is 8.71. The fraction of sp³-hybridized carbons (Fsp3) is 0.632. The van der Waals surface area contributed by atoms with Gasteiger partial charge in [-0.15, -0.1) is 0 Å². The van der Waals surface area contributed by atoms with Crippen molar-refractivity contribution in [1.29, 1.82) is 0 Å². The van der Waals surface area contributed by atoms with Crippen LogP contribution >= 0.6 is 0 Å². The minimum absolute atomic E-state index is 0.239. The van der Waals surface area contributed by atoms with Gasteiger partial charge in [-0.2, -0.15) is 0 Å². The van der Waals surface area contributed by atoms with Crippen LogP contribution in [0.25, 0.3) is 0 Å². The summed E-state index contributed by atoms with van der Waals surface area (Å²) in [5.74, 6) is 2.01. The summed E-state index contributed by atoms with van der Waals surface area (Å²) in [6, 6.07) is 10.4. The Morgan fingerprint density at radius 3 is 2.52 bits per heavy atom. The van der Waals surface area contributed by atoms with Crippen molar-refractivity contribution in [2.24, 2.45) is 16.8 Å². The molecule has 1 unspecified atom stereocenters. The Hall–Kier alpha value is -1.55. The molecule has 1 rings (SSSR count). The van der Waals surface area contributed by atoms with E-state index in [1.54, 1.807) is 0 Å². The Kier molecular flexibility index (Phi) is 9.37. The molecule has 4 nitrogen and oxygen atoms in total. The van der Waals surface area contributed by atoms with Gasteiger partial charge in [0.1, 0.15) is 0 Å². The minimum Gasteiger partial charge on any atom is -0.396 e. The fourth-order valence-corrected chi connectivity index (χ4v) is 2.75. The molecule has 0 amide bonds. The van der Waals surface area contributed by atoms with Crippen LogP contribution in [0.1, 0.15) is 39.2 Å². The zero-order valence-electron chi connectivity index (χ0n) is 15.1. The number of aliphatic hydroxyl groups excluding tert-OH is 1. The zero-order valence-corrected chi connectivity index (χ0v) is 15.1. The number of nitrogens with zero attached hydrogens (tertiary/aromatic N) is 2. The Labute approximate surface area is 141 Å². The molecule has 0 aromatic heterocycles. The molecule has 23 heavy (non-hydrogen) atoms. The van der Waals surface area contributed by atoms with Crippen LogP contribution in [0.4, 0.5) is 0 Å². The predicted molar refractivity (Wildman–Crippen MR) is 98.5 cm³/mol. The first-order valence-corrected chi connectivity index (χ1v) is 8.71. The third kappa shape index (κ3) is 8.03. The van der Waals surface area contributed by atoms with E-state index in [-0.39, 0.29) is 6.61 Å². The molecule has 0 spiro atoms. The van der Waals surface area contributed by atoms with Gasteiger partial charge in [-0.3, -0.25) is 4.99 Å². The van der Waals surface area contributed by atoms with Crippen molar-refractivity contribution >= 4 is 5.96 Å². The Morgan fingerprint density at radius 2 is 1.96 bits per heavy atom. The van der Waals surface area contributed by atoms with Crippen molar-refractivity contribution in [1.82, 2.24) is 10.2 Å². The molecule has 4 heteroatoms. The second kappa shape index (κ2) is 11.1. The average Bonchev–Trinajstić information content (AvgIpc) is 2.51. The van der Waals surface area contributed by atoms with E-state index in [1.807, 2.05) is 6.07 Å². The van der Waals surface area contributed by atoms with Gasteiger partial charge in [0.25, 0.3) is 0 Å². The first kappa shape index (κ1) is 19.5. The lowest BCUT2D eigenvalue weighted by atomic mass is 9.94. The van der Waals surface area contributed by atoms with E-state index in [2.05, 4.69) is 62.3 Å². The Balaban J connectivity index is 2.70. The van der Waals surface area contributed by atoms with Crippen LogP contribution in [-0.2, 0) is 6.54 Å². The molecule has 1 aromatic carbocycles. The number of benzene rings is 1. The van der Waals surface area contributed by atoms with Crippen molar-refractivity contribution in [3.05, 3.63) is 35.9 Å². The van der Waals surface area contributed by atoms with Crippen LogP contribution < -0.4 is 5.32 Å². The van der Waals surface area contributed by atoms with Crippen molar-refractivity contribution in [2.45, 2.75) is 40.2 Å². The molecule has 0 saturated heterocycles. The normalized spacial score (nSPS) is 13.2. The van der Waals surface area contributed by atoms with E-state index in [0.717, 1.165) is 38.4 Å². The van der Waals surface area contributed by atoms with E-state index in [9.17, 15) is 5.11 Å². The van der Waals surface area contributed by atoms with Gasteiger partial charge in [0.05, 0.1) is 0 Å². The molecule has 0 saturated carbocycles. The van der Waals surface area contributed by atoms with Gasteiger partial charge in [0.2, 0.25) is 0 Å². The first-order chi connectivity index (χ1) is 11.1. The van der Waals surface area contributed by atoms with Gasteiger partial charge in [-0.05, 0) is 37.2 Å². The number of hydrogen-bond acceptors (Lipinski definition) is 2. The van der Waals surface area contributed by atoms with E-state index < -0.39 is 0 Å². The largest absolute Gasteiger partial charge is 0.396 e. The van der Waals surface area contributed by atoms with Gasteiger partial charge in [-0.25, -0.2) is 0 Å². The third-order valence-electron chi connectivity index (χ3n) is 3.80. The highest BCUT2D eigenvalue weighted by Gasteiger charge is 2.12. The lowest BCUT2D eigenvalue weighted by molar-refractivity contribution is 0.245.